The first-order valence-electron chi connectivity index (χ1n) is 10.5. The third kappa shape index (κ3) is 8.82. The van der Waals surface area contributed by atoms with Gasteiger partial charge >= 0.3 is 0 Å². The highest BCUT2D eigenvalue weighted by atomic mass is 127. The number of rotatable bonds is 11. The zero-order valence-electron chi connectivity index (χ0n) is 18.0. The quantitative estimate of drug-likeness (QED) is 0.265. The molecule has 0 radical (unpaired) electrons. The van der Waals surface area contributed by atoms with E-state index < -0.39 is 0 Å². The van der Waals surface area contributed by atoms with Gasteiger partial charge in [0.1, 0.15) is 0 Å². The Bertz CT molecular complexity index is 555. The van der Waals surface area contributed by atoms with Gasteiger partial charge in [0.05, 0.1) is 5.69 Å². The fourth-order valence-electron chi connectivity index (χ4n) is 3.43. The average Bonchev–Trinajstić information content (AvgIpc) is 3.36. The molecule has 6 nitrogen and oxygen atoms in total. The molecule has 0 bridgehead atoms. The second-order valence-corrected chi connectivity index (χ2v) is 8.12. The minimum Gasteiger partial charge on any atom is -0.356 e. The standard InChI is InChI=1S/C20H38N6S.HI/c1-5-25(6-2)13-9-10-17(3)23-19(21-4)22-12-11-18-16-27-20(24-18)26-14-7-8-15-26;/h16-17H,5-15H2,1-4H3,(H2,21,22,23);1H. The molecule has 0 saturated carbocycles. The number of halogens is 1. The van der Waals surface area contributed by atoms with Crippen molar-refractivity contribution in [3.63, 3.8) is 0 Å². The highest BCUT2D eigenvalue weighted by Crippen LogP contribution is 2.24. The maximum Gasteiger partial charge on any atom is 0.191 e. The van der Waals surface area contributed by atoms with Gasteiger partial charge in [0.15, 0.2) is 11.1 Å². The van der Waals surface area contributed by atoms with Crippen LogP contribution in [0.4, 0.5) is 5.13 Å². The van der Waals surface area contributed by atoms with Crippen molar-refractivity contribution in [2.45, 2.75) is 58.9 Å². The Kier molecular flexibility index (Phi) is 13.1. The molecule has 1 aliphatic rings. The van der Waals surface area contributed by atoms with Crippen LogP contribution < -0.4 is 15.5 Å². The van der Waals surface area contributed by atoms with Gasteiger partial charge in [-0.1, -0.05) is 13.8 Å². The molecule has 2 rings (SSSR count). The van der Waals surface area contributed by atoms with Gasteiger partial charge in [0.2, 0.25) is 0 Å². The van der Waals surface area contributed by atoms with Crippen molar-refractivity contribution in [1.82, 2.24) is 20.5 Å². The van der Waals surface area contributed by atoms with Crippen molar-refractivity contribution < 1.29 is 0 Å². The summed E-state index contributed by atoms with van der Waals surface area (Å²) in [5, 5.41) is 10.3. The Morgan fingerprint density at radius 3 is 2.68 bits per heavy atom. The third-order valence-corrected chi connectivity index (χ3v) is 6.15. The smallest absolute Gasteiger partial charge is 0.191 e. The topological polar surface area (TPSA) is 55.8 Å². The molecular weight excluding hydrogens is 483 g/mol. The minimum atomic E-state index is 0. The molecule has 1 saturated heterocycles. The molecule has 0 amide bonds. The van der Waals surface area contributed by atoms with Crippen LogP contribution in [0.5, 0.6) is 0 Å². The van der Waals surface area contributed by atoms with Crippen LogP contribution in [0.25, 0.3) is 0 Å². The van der Waals surface area contributed by atoms with Crippen LogP contribution in [0.2, 0.25) is 0 Å². The van der Waals surface area contributed by atoms with Crippen molar-refractivity contribution in [3.05, 3.63) is 11.1 Å². The van der Waals surface area contributed by atoms with E-state index in [4.69, 9.17) is 4.98 Å². The van der Waals surface area contributed by atoms with Gasteiger partial charge in [-0.15, -0.1) is 35.3 Å². The third-order valence-electron chi connectivity index (χ3n) is 5.20. The first-order chi connectivity index (χ1) is 13.2. The normalized spacial score (nSPS) is 15.6. The largest absolute Gasteiger partial charge is 0.356 e. The van der Waals surface area contributed by atoms with Crippen LogP contribution in [0.15, 0.2) is 10.4 Å². The second kappa shape index (κ2) is 14.4. The Labute approximate surface area is 192 Å². The molecular formula is C20H39IN6S. The fourth-order valence-corrected chi connectivity index (χ4v) is 4.35. The van der Waals surface area contributed by atoms with E-state index in [9.17, 15) is 0 Å². The molecule has 1 aromatic rings. The number of anilines is 1. The lowest BCUT2D eigenvalue weighted by molar-refractivity contribution is 0.292. The summed E-state index contributed by atoms with van der Waals surface area (Å²) in [5.41, 5.74) is 1.18. The lowest BCUT2D eigenvalue weighted by Crippen LogP contribution is -2.43. The maximum atomic E-state index is 4.79. The molecule has 1 atom stereocenters. The monoisotopic (exact) mass is 522 g/mol. The summed E-state index contributed by atoms with van der Waals surface area (Å²) in [6.45, 7) is 13.3. The van der Waals surface area contributed by atoms with Crippen LogP contribution >= 0.6 is 35.3 Å². The molecule has 0 aromatic carbocycles. The van der Waals surface area contributed by atoms with E-state index in [0.717, 1.165) is 51.5 Å². The number of aromatic nitrogens is 1. The van der Waals surface area contributed by atoms with Crippen molar-refractivity contribution in [3.8, 4) is 0 Å². The summed E-state index contributed by atoms with van der Waals surface area (Å²) in [5.74, 6) is 0.889. The van der Waals surface area contributed by atoms with E-state index >= 15 is 0 Å². The lowest BCUT2D eigenvalue weighted by Gasteiger charge is -2.21. The Balaban J connectivity index is 0.00000392. The lowest BCUT2D eigenvalue weighted by atomic mass is 10.2. The maximum absolute atomic E-state index is 4.79. The van der Waals surface area contributed by atoms with Crippen LogP contribution in [-0.2, 0) is 6.42 Å². The number of thiazole rings is 1. The van der Waals surface area contributed by atoms with E-state index in [1.54, 1.807) is 11.3 Å². The van der Waals surface area contributed by atoms with Gasteiger partial charge < -0.3 is 20.4 Å². The van der Waals surface area contributed by atoms with E-state index in [2.05, 4.69) is 51.6 Å². The average molecular weight is 523 g/mol. The fraction of sp³-hybridized carbons (Fsp3) is 0.800. The van der Waals surface area contributed by atoms with Crippen molar-refractivity contribution in [2.24, 2.45) is 4.99 Å². The zero-order chi connectivity index (χ0) is 19.5. The summed E-state index contributed by atoms with van der Waals surface area (Å²) in [6.07, 6.45) is 5.89. The van der Waals surface area contributed by atoms with Crippen molar-refractivity contribution in [1.29, 1.82) is 0 Å². The molecule has 2 N–H and O–H groups in total. The molecule has 0 spiro atoms. The highest BCUT2D eigenvalue weighted by molar-refractivity contribution is 14.0. The molecule has 162 valence electrons. The molecule has 0 aliphatic carbocycles. The number of nitrogens with one attached hydrogen (secondary N) is 2. The Morgan fingerprint density at radius 1 is 1.32 bits per heavy atom. The zero-order valence-corrected chi connectivity index (χ0v) is 21.2. The van der Waals surface area contributed by atoms with Crippen LogP contribution in [-0.4, -0.2) is 68.2 Å². The van der Waals surface area contributed by atoms with Gasteiger partial charge in [-0.25, -0.2) is 4.98 Å². The summed E-state index contributed by atoms with van der Waals surface area (Å²) in [7, 11) is 1.84. The van der Waals surface area contributed by atoms with E-state index in [1.807, 2.05) is 7.05 Å². The molecule has 1 fully saturated rings. The van der Waals surface area contributed by atoms with E-state index in [1.165, 1.54) is 36.6 Å². The summed E-state index contributed by atoms with van der Waals surface area (Å²) >= 11 is 1.77. The first-order valence-corrected chi connectivity index (χ1v) is 11.4. The minimum absolute atomic E-state index is 0. The predicted molar refractivity (Wildman–Crippen MR) is 134 cm³/mol. The molecule has 1 unspecified atom stereocenters. The highest BCUT2D eigenvalue weighted by Gasteiger charge is 2.15. The van der Waals surface area contributed by atoms with Crippen molar-refractivity contribution in [2.75, 3.05) is 51.2 Å². The second-order valence-electron chi connectivity index (χ2n) is 7.28. The predicted octanol–water partition coefficient (Wildman–Crippen LogP) is 3.58. The molecule has 2 heterocycles. The number of guanidine groups is 1. The van der Waals surface area contributed by atoms with E-state index in [0.29, 0.717) is 6.04 Å². The van der Waals surface area contributed by atoms with Gasteiger partial charge in [0, 0.05) is 44.5 Å². The van der Waals surface area contributed by atoms with Crippen LogP contribution in [0.1, 0.15) is 52.1 Å². The van der Waals surface area contributed by atoms with Crippen molar-refractivity contribution >= 4 is 46.4 Å². The summed E-state index contributed by atoms with van der Waals surface area (Å²) < 4.78 is 0. The number of hydrogen-bond donors (Lipinski definition) is 2. The van der Waals surface area contributed by atoms with Gasteiger partial charge in [0.25, 0.3) is 0 Å². The molecule has 1 aromatic heterocycles. The Hall–Kier alpha value is -0.610. The number of hydrogen-bond acceptors (Lipinski definition) is 5. The van der Waals surface area contributed by atoms with Gasteiger partial charge in [-0.05, 0) is 52.2 Å². The number of nitrogens with zero attached hydrogens (tertiary/aromatic N) is 4. The molecule has 28 heavy (non-hydrogen) atoms. The first kappa shape index (κ1) is 25.4. The number of aliphatic imine (C=N–C) groups is 1. The van der Waals surface area contributed by atoms with Gasteiger partial charge in [-0.3, -0.25) is 4.99 Å². The molecule has 8 heteroatoms. The van der Waals surface area contributed by atoms with E-state index in [-0.39, 0.29) is 24.0 Å². The summed E-state index contributed by atoms with van der Waals surface area (Å²) in [4.78, 5) is 14.0. The summed E-state index contributed by atoms with van der Waals surface area (Å²) in [6, 6.07) is 0.424. The van der Waals surface area contributed by atoms with Crippen LogP contribution in [0, 0.1) is 0 Å². The van der Waals surface area contributed by atoms with Crippen LogP contribution in [0.3, 0.4) is 0 Å². The Morgan fingerprint density at radius 2 is 2.04 bits per heavy atom. The van der Waals surface area contributed by atoms with Gasteiger partial charge in [-0.2, -0.15) is 0 Å². The SMILES string of the molecule is CCN(CC)CCCC(C)NC(=NC)NCCc1csc(N2CCCC2)n1.I. The molecule has 1 aliphatic heterocycles.